The van der Waals surface area contributed by atoms with Gasteiger partial charge in [0, 0.05) is 26.7 Å². The van der Waals surface area contributed by atoms with Crippen molar-refractivity contribution in [3.8, 4) is 5.75 Å². The largest absolute Gasteiger partial charge is 0.484 e. The quantitative estimate of drug-likeness (QED) is 0.283. The number of primary amides is 1. The van der Waals surface area contributed by atoms with Crippen molar-refractivity contribution in [1.29, 1.82) is 0 Å². The van der Waals surface area contributed by atoms with E-state index >= 15 is 0 Å². The van der Waals surface area contributed by atoms with Gasteiger partial charge in [0.05, 0.1) is 0 Å². The molecule has 5 N–H and O–H groups in total. The molecule has 0 aliphatic carbocycles. The Hall–Kier alpha value is -2.97. The zero-order valence-corrected chi connectivity index (χ0v) is 17.0. The number of guanidine groups is 1. The minimum Gasteiger partial charge on any atom is -0.484 e. The van der Waals surface area contributed by atoms with Crippen molar-refractivity contribution in [2.75, 3.05) is 26.7 Å². The van der Waals surface area contributed by atoms with Crippen LogP contribution in [0.2, 0.25) is 0 Å². The van der Waals surface area contributed by atoms with Crippen LogP contribution in [-0.4, -0.2) is 50.3 Å². The van der Waals surface area contributed by atoms with Crippen molar-refractivity contribution < 1.29 is 19.1 Å². The number of nitrogens with two attached hydrogens (primary N) is 1. The van der Waals surface area contributed by atoms with Crippen molar-refractivity contribution in [3.63, 3.8) is 0 Å². The van der Waals surface area contributed by atoms with Gasteiger partial charge in [0.15, 0.2) is 12.6 Å². The first-order valence-electron chi connectivity index (χ1n) is 9.11. The number of carbonyl (C=O) groups is 2. The van der Waals surface area contributed by atoms with Gasteiger partial charge in [0.2, 0.25) is 0 Å². The molecule has 1 rings (SSSR count). The second-order valence-corrected chi connectivity index (χ2v) is 7.04. The lowest BCUT2D eigenvalue weighted by atomic mass is 10.2. The van der Waals surface area contributed by atoms with Crippen LogP contribution in [0.3, 0.4) is 0 Å². The highest BCUT2D eigenvalue weighted by atomic mass is 16.6. The van der Waals surface area contributed by atoms with E-state index in [1.807, 2.05) is 39.0 Å². The minimum absolute atomic E-state index is 0.155. The van der Waals surface area contributed by atoms with Gasteiger partial charge in [-0.2, -0.15) is 0 Å². The highest BCUT2D eigenvalue weighted by molar-refractivity contribution is 5.79. The Balaban J connectivity index is 2.29. The van der Waals surface area contributed by atoms with Crippen LogP contribution in [0.25, 0.3) is 0 Å². The molecule has 0 aromatic heterocycles. The van der Waals surface area contributed by atoms with Gasteiger partial charge >= 0.3 is 6.09 Å². The lowest BCUT2D eigenvalue weighted by Crippen LogP contribution is -2.39. The summed E-state index contributed by atoms with van der Waals surface area (Å²) in [7, 11) is 1.68. The molecule has 9 nitrogen and oxygen atoms in total. The monoisotopic (exact) mass is 393 g/mol. The molecule has 0 spiro atoms. The smallest absolute Gasteiger partial charge is 0.407 e. The first-order chi connectivity index (χ1) is 13.2. The van der Waals surface area contributed by atoms with E-state index in [1.54, 1.807) is 13.1 Å². The van der Waals surface area contributed by atoms with Crippen LogP contribution in [0.15, 0.2) is 29.3 Å². The third-order valence-corrected chi connectivity index (χ3v) is 3.28. The molecule has 2 amide bonds. The Morgan fingerprint density at radius 3 is 2.50 bits per heavy atom. The maximum absolute atomic E-state index is 11.6. The fourth-order valence-electron chi connectivity index (χ4n) is 2.11. The van der Waals surface area contributed by atoms with Crippen LogP contribution in [0.4, 0.5) is 4.79 Å². The number of aliphatic imine (C=N–C) groups is 1. The summed E-state index contributed by atoms with van der Waals surface area (Å²) in [6.45, 7) is 6.98. The molecule has 0 radical (unpaired) electrons. The summed E-state index contributed by atoms with van der Waals surface area (Å²) in [5.74, 6) is 0.698. The maximum atomic E-state index is 11.6. The number of nitrogens with zero attached hydrogens (tertiary/aromatic N) is 1. The van der Waals surface area contributed by atoms with Crippen LogP contribution in [0.1, 0.15) is 32.8 Å². The van der Waals surface area contributed by atoms with E-state index in [0.717, 1.165) is 12.0 Å². The van der Waals surface area contributed by atoms with Gasteiger partial charge in [0.1, 0.15) is 11.4 Å². The minimum atomic E-state index is -0.519. The van der Waals surface area contributed by atoms with Crippen LogP contribution in [-0.2, 0) is 16.1 Å². The van der Waals surface area contributed by atoms with Gasteiger partial charge in [-0.1, -0.05) is 12.1 Å². The summed E-state index contributed by atoms with van der Waals surface area (Å²) >= 11 is 0. The Labute approximate surface area is 166 Å². The molecular formula is C19H31N5O4. The molecule has 0 saturated heterocycles. The number of alkyl carbamates (subject to hydrolysis) is 1. The van der Waals surface area contributed by atoms with E-state index in [9.17, 15) is 9.59 Å². The molecule has 0 unspecified atom stereocenters. The SMILES string of the molecule is CN=C(NCCCNC(=O)OC(C)(C)C)NCc1cccc(OCC(N)=O)c1. The molecule has 28 heavy (non-hydrogen) atoms. The number of nitrogens with one attached hydrogen (secondary N) is 3. The number of benzene rings is 1. The van der Waals surface area contributed by atoms with Crippen molar-refractivity contribution in [2.45, 2.75) is 39.3 Å². The van der Waals surface area contributed by atoms with E-state index in [-0.39, 0.29) is 6.61 Å². The summed E-state index contributed by atoms with van der Waals surface area (Å²) in [5, 5.41) is 9.07. The maximum Gasteiger partial charge on any atom is 0.407 e. The molecule has 0 bridgehead atoms. The average Bonchev–Trinajstić information content (AvgIpc) is 2.61. The summed E-state index contributed by atoms with van der Waals surface area (Å²) in [6, 6.07) is 7.36. The number of ether oxygens (including phenoxy) is 2. The van der Waals surface area contributed by atoms with Crippen molar-refractivity contribution in [1.82, 2.24) is 16.0 Å². The molecule has 156 valence electrons. The Bertz CT molecular complexity index is 671. The van der Waals surface area contributed by atoms with Crippen molar-refractivity contribution in [3.05, 3.63) is 29.8 Å². The fourth-order valence-corrected chi connectivity index (χ4v) is 2.11. The molecule has 0 heterocycles. The highest BCUT2D eigenvalue weighted by Gasteiger charge is 2.15. The molecule has 1 aromatic carbocycles. The van der Waals surface area contributed by atoms with E-state index in [1.165, 1.54) is 0 Å². The van der Waals surface area contributed by atoms with Gasteiger partial charge in [-0.15, -0.1) is 0 Å². The van der Waals surface area contributed by atoms with E-state index in [2.05, 4.69) is 20.9 Å². The normalized spacial score (nSPS) is 11.5. The molecule has 0 fully saturated rings. The highest BCUT2D eigenvalue weighted by Crippen LogP contribution is 2.13. The molecule has 0 saturated carbocycles. The predicted molar refractivity (Wildman–Crippen MR) is 108 cm³/mol. The lowest BCUT2D eigenvalue weighted by Gasteiger charge is -2.19. The standard InChI is InChI=1S/C19H31N5O4/c1-19(2,3)28-18(26)23-10-6-9-22-17(21-4)24-12-14-7-5-8-15(11-14)27-13-16(20)25/h5,7-8,11H,6,9-10,12-13H2,1-4H3,(H2,20,25)(H,23,26)(H2,21,22,24). The van der Waals surface area contributed by atoms with Crippen molar-refractivity contribution in [2.24, 2.45) is 10.7 Å². The summed E-state index contributed by atoms with van der Waals surface area (Å²) in [5.41, 5.74) is 5.54. The zero-order chi connectivity index (χ0) is 21.0. The average molecular weight is 393 g/mol. The topological polar surface area (TPSA) is 127 Å². The predicted octanol–water partition coefficient (Wildman–Crippen LogP) is 1.13. The van der Waals surface area contributed by atoms with E-state index < -0.39 is 17.6 Å². The Kier molecular flexibility index (Phi) is 9.63. The Morgan fingerprint density at radius 1 is 1.14 bits per heavy atom. The van der Waals surface area contributed by atoms with Crippen LogP contribution in [0, 0.1) is 0 Å². The van der Waals surface area contributed by atoms with E-state index in [0.29, 0.717) is 31.3 Å². The van der Waals surface area contributed by atoms with Gasteiger partial charge in [0.25, 0.3) is 5.91 Å². The van der Waals surface area contributed by atoms with Crippen LogP contribution < -0.4 is 26.4 Å². The molecule has 9 heteroatoms. The van der Waals surface area contributed by atoms with Gasteiger partial charge in [-0.25, -0.2) is 4.79 Å². The molecule has 0 aliphatic heterocycles. The molecule has 0 aliphatic rings. The summed E-state index contributed by atoms with van der Waals surface area (Å²) < 4.78 is 10.5. The number of hydrogen-bond acceptors (Lipinski definition) is 5. The first-order valence-corrected chi connectivity index (χ1v) is 9.11. The third kappa shape index (κ3) is 10.9. The van der Waals surface area contributed by atoms with E-state index in [4.69, 9.17) is 15.2 Å². The van der Waals surface area contributed by atoms with Crippen molar-refractivity contribution >= 4 is 18.0 Å². The number of carbonyl (C=O) groups excluding carboxylic acids is 2. The van der Waals surface area contributed by atoms with Gasteiger partial charge in [-0.3, -0.25) is 9.79 Å². The fraction of sp³-hybridized carbons (Fsp3) is 0.526. The van der Waals surface area contributed by atoms with Gasteiger partial charge < -0.3 is 31.2 Å². The Morgan fingerprint density at radius 2 is 1.86 bits per heavy atom. The lowest BCUT2D eigenvalue weighted by molar-refractivity contribution is -0.119. The second kappa shape index (κ2) is 11.7. The summed E-state index contributed by atoms with van der Waals surface area (Å²) in [6.07, 6.45) is 0.296. The summed E-state index contributed by atoms with van der Waals surface area (Å²) in [4.78, 5) is 26.5. The zero-order valence-electron chi connectivity index (χ0n) is 17.0. The first kappa shape index (κ1) is 23.1. The molecular weight excluding hydrogens is 362 g/mol. The number of hydrogen-bond donors (Lipinski definition) is 4. The second-order valence-electron chi connectivity index (χ2n) is 7.04. The number of rotatable bonds is 9. The van der Waals surface area contributed by atoms with Gasteiger partial charge in [-0.05, 0) is 44.9 Å². The third-order valence-electron chi connectivity index (χ3n) is 3.28. The van der Waals surface area contributed by atoms with Crippen LogP contribution >= 0.6 is 0 Å². The number of amides is 2. The molecule has 0 atom stereocenters. The van der Waals surface area contributed by atoms with Crippen LogP contribution in [0.5, 0.6) is 5.75 Å². The molecule has 1 aromatic rings.